The van der Waals surface area contributed by atoms with Gasteiger partial charge < -0.3 is 10.0 Å². The van der Waals surface area contributed by atoms with Crippen LogP contribution in [0.4, 0.5) is 0 Å². The lowest BCUT2D eigenvalue weighted by atomic mass is 9.80. The molecular formula is C12H21NO3. The average Bonchev–Trinajstić information content (AvgIpc) is 2.26. The molecule has 0 atom stereocenters. The molecule has 0 radical (unpaired) electrons. The molecule has 0 saturated heterocycles. The van der Waals surface area contributed by atoms with Gasteiger partial charge >= 0.3 is 5.97 Å². The number of hydrogen-bond donors (Lipinski definition) is 1. The summed E-state index contributed by atoms with van der Waals surface area (Å²) in [6.07, 6.45) is 4.96. The van der Waals surface area contributed by atoms with Gasteiger partial charge in [0.15, 0.2) is 0 Å². The molecule has 0 unspecified atom stereocenters. The van der Waals surface area contributed by atoms with Crippen molar-refractivity contribution in [2.24, 2.45) is 11.8 Å². The van der Waals surface area contributed by atoms with E-state index >= 15 is 0 Å². The largest absolute Gasteiger partial charge is 0.481 e. The maximum absolute atomic E-state index is 11.4. The highest BCUT2D eigenvalue weighted by Gasteiger charge is 2.26. The first kappa shape index (κ1) is 13.0. The maximum atomic E-state index is 11.4. The van der Waals surface area contributed by atoms with Gasteiger partial charge in [0, 0.05) is 20.5 Å². The zero-order valence-corrected chi connectivity index (χ0v) is 10.1. The van der Waals surface area contributed by atoms with Gasteiger partial charge in [0.2, 0.25) is 5.91 Å². The molecule has 1 amide bonds. The van der Waals surface area contributed by atoms with Crippen molar-refractivity contribution in [1.82, 2.24) is 4.90 Å². The van der Waals surface area contributed by atoms with Gasteiger partial charge in [-0.25, -0.2) is 0 Å². The third-order valence-electron chi connectivity index (χ3n) is 3.46. The van der Waals surface area contributed by atoms with Gasteiger partial charge in [-0.15, -0.1) is 0 Å². The topological polar surface area (TPSA) is 57.6 Å². The Balaban J connectivity index is 2.22. The Morgan fingerprint density at radius 2 is 1.75 bits per heavy atom. The summed E-state index contributed by atoms with van der Waals surface area (Å²) in [6, 6.07) is 0. The molecule has 1 aliphatic carbocycles. The minimum atomic E-state index is -0.664. The van der Waals surface area contributed by atoms with Crippen molar-refractivity contribution in [1.29, 1.82) is 0 Å². The van der Waals surface area contributed by atoms with Crippen molar-refractivity contribution in [3.8, 4) is 0 Å². The smallest absolute Gasteiger partial charge is 0.306 e. The molecular weight excluding hydrogens is 206 g/mol. The zero-order chi connectivity index (χ0) is 12.1. The summed E-state index contributed by atoms with van der Waals surface area (Å²) in [5.74, 6) is -0.108. The van der Waals surface area contributed by atoms with E-state index in [2.05, 4.69) is 0 Å². The van der Waals surface area contributed by atoms with Crippen LogP contribution in [0.5, 0.6) is 0 Å². The first-order valence-corrected chi connectivity index (χ1v) is 5.93. The third kappa shape index (κ3) is 3.83. The molecule has 1 aliphatic rings. The van der Waals surface area contributed by atoms with Crippen molar-refractivity contribution in [2.45, 2.75) is 38.5 Å². The fourth-order valence-electron chi connectivity index (χ4n) is 2.25. The monoisotopic (exact) mass is 227 g/mol. The number of carbonyl (C=O) groups excluding carboxylic acids is 1. The van der Waals surface area contributed by atoms with Gasteiger partial charge in [-0.1, -0.05) is 0 Å². The molecule has 92 valence electrons. The zero-order valence-electron chi connectivity index (χ0n) is 10.1. The van der Waals surface area contributed by atoms with E-state index in [1.165, 1.54) is 0 Å². The Kier molecular flexibility index (Phi) is 4.77. The van der Waals surface area contributed by atoms with E-state index in [4.69, 9.17) is 5.11 Å². The van der Waals surface area contributed by atoms with Crippen LogP contribution in [0, 0.1) is 11.8 Å². The summed E-state index contributed by atoms with van der Waals surface area (Å²) in [7, 11) is 3.54. The van der Waals surface area contributed by atoms with Crippen LogP contribution in [0.1, 0.15) is 38.5 Å². The molecule has 0 aliphatic heterocycles. The molecule has 4 heteroatoms. The van der Waals surface area contributed by atoms with Crippen LogP contribution in [-0.2, 0) is 9.59 Å². The Morgan fingerprint density at radius 1 is 1.19 bits per heavy atom. The number of rotatable bonds is 4. The van der Waals surface area contributed by atoms with Gasteiger partial charge in [-0.2, -0.15) is 0 Å². The number of amides is 1. The quantitative estimate of drug-likeness (QED) is 0.796. The minimum Gasteiger partial charge on any atom is -0.481 e. The second kappa shape index (κ2) is 5.87. The summed E-state index contributed by atoms with van der Waals surface area (Å²) >= 11 is 0. The average molecular weight is 227 g/mol. The second-order valence-electron chi connectivity index (χ2n) is 4.88. The van der Waals surface area contributed by atoms with Gasteiger partial charge in [0.25, 0.3) is 0 Å². The fraction of sp³-hybridized carbons (Fsp3) is 0.833. The summed E-state index contributed by atoms with van der Waals surface area (Å²) in [5, 5.41) is 8.85. The normalized spacial score (nSPS) is 25.1. The molecule has 0 heterocycles. The van der Waals surface area contributed by atoms with Crippen LogP contribution in [0.2, 0.25) is 0 Å². The first-order chi connectivity index (χ1) is 7.50. The Morgan fingerprint density at radius 3 is 2.19 bits per heavy atom. The molecule has 4 nitrogen and oxygen atoms in total. The van der Waals surface area contributed by atoms with Crippen LogP contribution in [0.25, 0.3) is 0 Å². The summed E-state index contributed by atoms with van der Waals surface area (Å²) in [4.78, 5) is 23.8. The lowest BCUT2D eigenvalue weighted by Crippen LogP contribution is -2.24. The lowest BCUT2D eigenvalue weighted by molar-refractivity contribution is -0.143. The molecule has 16 heavy (non-hydrogen) atoms. The van der Waals surface area contributed by atoms with E-state index in [0.717, 1.165) is 32.1 Å². The number of carboxylic acids is 1. The van der Waals surface area contributed by atoms with E-state index < -0.39 is 5.97 Å². The highest BCUT2D eigenvalue weighted by atomic mass is 16.4. The third-order valence-corrected chi connectivity index (χ3v) is 3.46. The number of carboxylic acid groups (broad SMARTS) is 1. The minimum absolute atomic E-state index is 0.152. The van der Waals surface area contributed by atoms with E-state index in [1.807, 2.05) is 0 Å². The van der Waals surface area contributed by atoms with Crippen LogP contribution < -0.4 is 0 Å². The SMILES string of the molecule is CN(C)C(=O)CCC1CCC(C(=O)O)CC1. The first-order valence-electron chi connectivity index (χ1n) is 5.93. The van der Waals surface area contributed by atoms with Gasteiger partial charge in [-0.3, -0.25) is 9.59 Å². The van der Waals surface area contributed by atoms with Crippen LogP contribution in [0.3, 0.4) is 0 Å². The molecule has 0 aromatic rings. The molecule has 0 spiro atoms. The molecule has 0 bridgehead atoms. The predicted octanol–water partition coefficient (Wildman–Crippen LogP) is 1.75. The Bertz CT molecular complexity index is 255. The molecule has 1 fully saturated rings. The number of aliphatic carboxylic acids is 1. The van der Waals surface area contributed by atoms with Gasteiger partial charge in [-0.05, 0) is 38.0 Å². The molecule has 0 aromatic heterocycles. The van der Waals surface area contributed by atoms with E-state index in [0.29, 0.717) is 12.3 Å². The second-order valence-corrected chi connectivity index (χ2v) is 4.88. The van der Waals surface area contributed by atoms with Gasteiger partial charge in [0.05, 0.1) is 5.92 Å². The van der Waals surface area contributed by atoms with Crippen molar-refractivity contribution in [3.63, 3.8) is 0 Å². The Labute approximate surface area is 96.6 Å². The van der Waals surface area contributed by atoms with Crippen molar-refractivity contribution in [2.75, 3.05) is 14.1 Å². The van der Waals surface area contributed by atoms with E-state index in [-0.39, 0.29) is 11.8 Å². The predicted molar refractivity (Wildman–Crippen MR) is 61.0 cm³/mol. The maximum Gasteiger partial charge on any atom is 0.306 e. The lowest BCUT2D eigenvalue weighted by Gasteiger charge is -2.26. The summed E-state index contributed by atoms with van der Waals surface area (Å²) < 4.78 is 0. The fourth-order valence-corrected chi connectivity index (χ4v) is 2.25. The number of hydrogen-bond acceptors (Lipinski definition) is 2. The van der Waals surface area contributed by atoms with Crippen LogP contribution in [0.15, 0.2) is 0 Å². The standard InChI is InChI=1S/C12H21NO3/c1-13(2)11(14)8-5-9-3-6-10(7-4-9)12(15)16/h9-10H,3-8H2,1-2H3,(H,15,16). The Hall–Kier alpha value is -1.06. The van der Waals surface area contributed by atoms with Crippen LogP contribution >= 0.6 is 0 Å². The van der Waals surface area contributed by atoms with E-state index in [1.54, 1.807) is 19.0 Å². The highest BCUT2D eigenvalue weighted by Crippen LogP contribution is 2.31. The molecule has 1 saturated carbocycles. The van der Waals surface area contributed by atoms with E-state index in [9.17, 15) is 9.59 Å². The number of carbonyl (C=O) groups is 2. The molecule has 0 aromatic carbocycles. The molecule has 1 rings (SSSR count). The van der Waals surface area contributed by atoms with Crippen molar-refractivity contribution < 1.29 is 14.7 Å². The highest BCUT2D eigenvalue weighted by molar-refractivity contribution is 5.75. The summed E-state index contributed by atoms with van der Waals surface area (Å²) in [6.45, 7) is 0. The van der Waals surface area contributed by atoms with Crippen molar-refractivity contribution in [3.05, 3.63) is 0 Å². The van der Waals surface area contributed by atoms with Crippen molar-refractivity contribution >= 4 is 11.9 Å². The van der Waals surface area contributed by atoms with Crippen LogP contribution in [-0.4, -0.2) is 36.0 Å². The summed E-state index contributed by atoms with van der Waals surface area (Å²) in [5.41, 5.74) is 0. The van der Waals surface area contributed by atoms with Gasteiger partial charge in [0.1, 0.15) is 0 Å². The number of nitrogens with zero attached hydrogens (tertiary/aromatic N) is 1. The molecule has 1 N–H and O–H groups in total.